The van der Waals surface area contributed by atoms with Crippen LogP contribution in [0.1, 0.15) is 31.5 Å². The van der Waals surface area contributed by atoms with Gasteiger partial charge in [0.2, 0.25) is 0 Å². The maximum atomic E-state index is 14.4. The average molecular weight is 460 g/mol. The van der Waals surface area contributed by atoms with E-state index in [1.807, 2.05) is 0 Å². The van der Waals surface area contributed by atoms with Crippen molar-refractivity contribution in [3.63, 3.8) is 0 Å². The van der Waals surface area contributed by atoms with Gasteiger partial charge in [0.05, 0.1) is 22.8 Å². The standard InChI is InChI=1S/C19H13FN4O5S2/c1-8-16(31-15(22-8)6-21-17(26)12-2-3-29-24-12)13-7-30-18(23-13)9-5-14(25)10(19(27)28)4-11(9)20/h2-5,7,25H,6H2,1H3,(H,21,26)(H,27,28). The van der Waals surface area contributed by atoms with Gasteiger partial charge < -0.3 is 20.1 Å². The van der Waals surface area contributed by atoms with Crippen molar-refractivity contribution >= 4 is 34.6 Å². The van der Waals surface area contributed by atoms with Gasteiger partial charge in [-0.1, -0.05) is 5.16 Å². The van der Waals surface area contributed by atoms with Gasteiger partial charge in [0.1, 0.15) is 33.4 Å². The number of hydrogen-bond donors (Lipinski definition) is 3. The number of rotatable bonds is 6. The number of halogens is 1. The molecule has 0 atom stereocenters. The summed E-state index contributed by atoms with van der Waals surface area (Å²) in [4.78, 5) is 32.6. The fraction of sp³-hybridized carbons (Fsp3) is 0.105. The molecule has 0 radical (unpaired) electrons. The molecule has 0 saturated carbocycles. The number of aromatic nitrogens is 3. The Morgan fingerprint density at radius 2 is 2.10 bits per heavy atom. The summed E-state index contributed by atoms with van der Waals surface area (Å²) < 4.78 is 19.0. The smallest absolute Gasteiger partial charge is 0.339 e. The number of nitrogens with zero attached hydrogens (tertiary/aromatic N) is 3. The highest BCUT2D eigenvalue weighted by Crippen LogP contribution is 2.36. The topological polar surface area (TPSA) is 138 Å². The molecule has 3 N–H and O–H groups in total. The van der Waals surface area contributed by atoms with Crippen LogP contribution in [0, 0.1) is 12.7 Å². The summed E-state index contributed by atoms with van der Waals surface area (Å²) in [6.45, 7) is 1.98. The van der Waals surface area contributed by atoms with Gasteiger partial charge in [-0.05, 0) is 19.1 Å². The minimum absolute atomic E-state index is 0.000942. The third-order valence-electron chi connectivity index (χ3n) is 4.19. The highest BCUT2D eigenvalue weighted by atomic mass is 32.1. The number of phenols is 1. The van der Waals surface area contributed by atoms with E-state index in [0.29, 0.717) is 16.4 Å². The van der Waals surface area contributed by atoms with Crippen molar-refractivity contribution in [2.24, 2.45) is 0 Å². The number of carbonyl (C=O) groups excluding carboxylic acids is 1. The molecule has 0 saturated heterocycles. The average Bonchev–Trinajstić information content (AvgIpc) is 3.48. The lowest BCUT2D eigenvalue weighted by Gasteiger charge is -2.04. The lowest BCUT2D eigenvalue weighted by atomic mass is 10.1. The van der Waals surface area contributed by atoms with Crippen LogP contribution in [0.4, 0.5) is 4.39 Å². The molecule has 31 heavy (non-hydrogen) atoms. The second-order valence-corrected chi connectivity index (χ2v) is 8.22. The van der Waals surface area contributed by atoms with Crippen LogP contribution in [-0.2, 0) is 6.54 Å². The number of carbonyl (C=O) groups is 2. The molecule has 3 heterocycles. The molecule has 0 bridgehead atoms. The molecule has 12 heteroatoms. The van der Waals surface area contributed by atoms with Gasteiger partial charge in [-0.25, -0.2) is 19.2 Å². The number of aromatic hydroxyl groups is 1. The number of aromatic carboxylic acids is 1. The molecule has 1 aromatic carbocycles. The second kappa shape index (κ2) is 8.24. The van der Waals surface area contributed by atoms with Gasteiger partial charge in [-0.15, -0.1) is 22.7 Å². The fourth-order valence-corrected chi connectivity index (χ4v) is 4.61. The zero-order chi connectivity index (χ0) is 22.1. The monoisotopic (exact) mass is 460 g/mol. The van der Waals surface area contributed by atoms with Crippen LogP contribution in [0.2, 0.25) is 0 Å². The summed E-state index contributed by atoms with van der Waals surface area (Å²) in [5, 5.41) is 27.8. The number of amides is 1. The minimum Gasteiger partial charge on any atom is -0.507 e. The van der Waals surface area contributed by atoms with Crippen molar-refractivity contribution in [2.45, 2.75) is 13.5 Å². The largest absolute Gasteiger partial charge is 0.507 e. The van der Waals surface area contributed by atoms with Gasteiger partial charge in [0.25, 0.3) is 5.91 Å². The molecular weight excluding hydrogens is 447 g/mol. The molecule has 158 valence electrons. The number of aryl methyl sites for hydroxylation is 1. The van der Waals surface area contributed by atoms with Crippen molar-refractivity contribution in [2.75, 3.05) is 0 Å². The second-order valence-electron chi connectivity index (χ2n) is 6.28. The molecule has 0 aliphatic carbocycles. The van der Waals surface area contributed by atoms with E-state index < -0.39 is 23.1 Å². The molecular formula is C19H13FN4O5S2. The number of nitrogens with one attached hydrogen (secondary N) is 1. The minimum atomic E-state index is -1.42. The van der Waals surface area contributed by atoms with Gasteiger partial charge >= 0.3 is 5.97 Å². The van der Waals surface area contributed by atoms with Gasteiger partial charge in [-0.3, -0.25) is 4.79 Å². The van der Waals surface area contributed by atoms with E-state index in [2.05, 4.69) is 25.0 Å². The van der Waals surface area contributed by atoms with E-state index in [1.165, 1.54) is 23.7 Å². The van der Waals surface area contributed by atoms with E-state index in [0.717, 1.165) is 28.3 Å². The third kappa shape index (κ3) is 4.15. The number of hydrogen-bond acceptors (Lipinski definition) is 9. The fourth-order valence-electron chi connectivity index (χ4n) is 2.74. The van der Waals surface area contributed by atoms with E-state index in [1.54, 1.807) is 12.3 Å². The van der Waals surface area contributed by atoms with E-state index in [-0.39, 0.29) is 28.7 Å². The molecule has 4 rings (SSSR count). The zero-order valence-electron chi connectivity index (χ0n) is 15.7. The van der Waals surface area contributed by atoms with Crippen molar-refractivity contribution in [3.05, 3.63) is 57.6 Å². The quantitative estimate of drug-likeness (QED) is 0.396. The summed E-state index contributed by atoms with van der Waals surface area (Å²) in [5.74, 6) is -3.15. The van der Waals surface area contributed by atoms with Gasteiger partial charge in [0, 0.05) is 17.0 Å². The summed E-state index contributed by atoms with van der Waals surface area (Å²) >= 11 is 2.48. The van der Waals surface area contributed by atoms with E-state index in [4.69, 9.17) is 5.11 Å². The van der Waals surface area contributed by atoms with Crippen LogP contribution in [0.25, 0.3) is 21.1 Å². The summed E-state index contributed by atoms with van der Waals surface area (Å²) in [5.41, 5.74) is 0.897. The summed E-state index contributed by atoms with van der Waals surface area (Å²) in [6.07, 6.45) is 1.30. The van der Waals surface area contributed by atoms with E-state index in [9.17, 15) is 19.1 Å². The molecule has 0 spiro atoms. The Labute approximate surface area is 181 Å². The Kier molecular flexibility index (Phi) is 5.48. The normalized spacial score (nSPS) is 10.9. The van der Waals surface area contributed by atoms with Crippen LogP contribution >= 0.6 is 22.7 Å². The first-order valence-electron chi connectivity index (χ1n) is 8.70. The Bertz CT molecular complexity index is 1280. The first-order chi connectivity index (χ1) is 14.8. The number of carboxylic acid groups (broad SMARTS) is 1. The van der Waals surface area contributed by atoms with Crippen LogP contribution < -0.4 is 5.32 Å². The number of thiazole rings is 2. The first-order valence-corrected chi connectivity index (χ1v) is 10.4. The summed E-state index contributed by atoms with van der Waals surface area (Å²) in [6, 6.07) is 3.26. The van der Waals surface area contributed by atoms with Crippen molar-refractivity contribution in [1.29, 1.82) is 0 Å². The number of benzene rings is 1. The SMILES string of the molecule is Cc1nc(CNC(=O)c2ccon2)sc1-c1csc(-c2cc(O)c(C(=O)O)cc2F)n1. The molecule has 3 aromatic heterocycles. The molecule has 0 unspecified atom stereocenters. The Morgan fingerprint density at radius 3 is 2.81 bits per heavy atom. The van der Waals surface area contributed by atoms with Crippen LogP contribution in [0.15, 0.2) is 34.4 Å². The Hall–Kier alpha value is -3.64. The molecule has 4 aromatic rings. The maximum Gasteiger partial charge on any atom is 0.339 e. The van der Waals surface area contributed by atoms with Crippen molar-refractivity contribution in [1.82, 2.24) is 20.4 Å². The van der Waals surface area contributed by atoms with Crippen LogP contribution in [0.5, 0.6) is 5.75 Å². The van der Waals surface area contributed by atoms with Crippen molar-refractivity contribution < 1.29 is 28.7 Å². The Morgan fingerprint density at radius 1 is 1.29 bits per heavy atom. The number of carboxylic acids is 1. The lowest BCUT2D eigenvalue weighted by molar-refractivity contribution is 0.0693. The van der Waals surface area contributed by atoms with Gasteiger partial charge in [-0.2, -0.15) is 0 Å². The van der Waals surface area contributed by atoms with Crippen LogP contribution in [0.3, 0.4) is 0 Å². The molecule has 9 nitrogen and oxygen atoms in total. The van der Waals surface area contributed by atoms with Gasteiger partial charge in [0.15, 0.2) is 5.69 Å². The Balaban J connectivity index is 1.55. The molecule has 0 fully saturated rings. The predicted octanol–water partition coefficient (Wildman–Crippen LogP) is 3.70. The van der Waals surface area contributed by atoms with E-state index >= 15 is 0 Å². The predicted molar refractivity (Wildman–Crippen MR) is 110 cm³/mol. The highest BCUT2D eigenvalue weighted by Gasteiger charge is 2.20. The summed E-state index contributed by atoms with van der Waals surface area (Å²) in [7, 11) is 0. The first kappa shape index (κ1) is 20.6. The molecule has 1 amide bonds. The third-order valence-corrected chi connectivity index (χ3v) is 6.25. The molecule has 0 aliphatic rings. The zero-order valence-corrected chi connectivity index (χ0v) is 17.4. The van der Waals surface area contributed by atoms with Crippen LogP contribution in [-0.4, -0.2) is 37.2 Å². The maximum absolute atomic E-state index is 14.4. The highest BCUT2D eigenvalue weighted by molar-refractivity contribution is 7.16. The lowest BCUT2D eigenvalue weighted by Crippen LogP contribution is -2.22. The molecule has 0 aliphatic heterocycles. The van der Waals surface area contributed by atoms with Crippen molar-refractivity contribution in [3.8, 4) is 26.9 Å².